The third kappa shape index (κ3) is 2.91. The highest BCUT2D eigenvalue weighted by molar-refractivity contribution is 5.91. The maximum atomic E-state index is 12.9. The van der Waals surface area contributed by atoms with Gasteiger partial charge in [-0.3, -0.25) is 0 Å². The van der Waals surface area contributed by atoms with Crippen LogP contribution in [-0.2, 0) is 0 Å². The topological polar surface area (TPSA) is 26.3 Å². The molecule has 2 aromatic rings. The number of benzene rings is 2. The Morgan fingerprint density at radius 2 is 1.88 bits per heavy atom. The van der Waals surface area contributed by atoms with Crippen molar-refractivity contribution in [3.05, 3.63) is 65.5 Å². The minimum Gasteiger partial charge on any atom is -0.423 e. The Morgan fingerprint density at radius 3 is 2.59 bits per heavy atom. The second kappa shape index (κ2) is 4.78. The van der Waals surface area contributed by atoms with Crippen LogP contribution in [0.15, 0.2) is 48.5 Å². The zero-order valence-corrected chi connectivity index (χ0v) is 9.31. The molecular formula is C14H11FO2. The van der Waals surface area contributed by atoms with Crippen LogP contribution in [0.25, 0.3) is 0 Å². The molecule has 17 heavy (non-hydrogen) atoms. The Bertz CT molecular complexity index is 549. The minimum absolute atomic E-state index is 0.205. The van der Waals surface area contributed by atoms with E-state index in [1.807, 2.05) is 13.0 Å². The Kier molecular flexibility index (Phi) is 3.19. The summed E-state index contributed by atoms with van der Waals surface area (Å²) < 4.78 is 18.0. The first kappa shape index (κ1) is 11.3. The third-order valence-corrected chi connectivity index (χ3v) is 2.26. The van der Waals surface area contributed by atoms with Gasteiger partial charge < -0.3 is 4.74 Å². The van der Waals surface area contributed by atoms with Crippen molar-refractivity contribution < 1.29 is 13.9 Å². The van der Waals surface area contributed by atoms with Gasteiger partial charge in [0.15, 0.2) is 0 Å². The largest absolute Gasteiger partial charge is 0.423 e. The predicted molar refractivity (Wildman–Crippen MR) is 62.5 cm³/mol. The molecule has 2 aromatic carbocycles. The average Bonchev–Trinajstić information content (AvgIpc) is 2.29. The fourth-order valence-corrected chi connectivity index (χ4v) is 1.47. The van der Waals surface area contributed by atoms with E-state index in [4.69, 9.17) is 4.74 Å². The lowest BCUT2D eigenvalue weighted by molar-refractivity contribution is 0.0734. The Labute approximate surface area is 98.7 Å². The molecule has 0 unspecified atom stereocenters. The van der Waals surface area contributed by atoms with E-state index in [0.29, 0.717) is 5.56 Å². The van der Waals surface area contributed by atoms with Gasteiger partial charge in [0.25, 0.3) is 0 Å². The molecule has 86 valence electrons. The van der Waals surface area contributed by atoms with Gasteiger partial charge in [-0.1, -0.05) is 23.8 Å². The van der Waals surface area contributed by atoms with E-state index < -0.39 is 11.8 Å². The van der Waals surface area contributed by atoms with E-state index in [2.05, 4.69) is 0 Å². The fourth-order valence-electron chi connectivity index (χ4n) is 1.47. The van der Waals surface area contributed by atoms with Crippen molar-refractivity contribution in [2.24, 2.45) is 0 Å². The van der Waals surface area contributed by atoms with Gasteiger partial charge in [-0.15, -0.1) is 0 Å². The van der Waals surface area contributed by atoms with Gasteiger partial charge in [-0.25, -0.2) is 9.18 Å². The maximum absolute atomic E-state index is 12.9. The van der Waals surface area contributed by atoms with Gasteiger partial charge in [0.05, 0.1) is 5.56 Å². The Balaban J connectivity index is 2.17. The number of esters is 1. The summed E-state index contributed by atoms with van der Waals surface area (Å²) >= 11 is 0. The Morgan fingerprint density at radius 1 is 1.12 bits per heavy atom. The molecule has 2 rings (SSSR count). The summed E-state index contributed by atoms with van der Waals surface area (Å²) in [4.78, 5) is 11.7. The van der Waals surface area contributed by atoms with Gasteiger partial charge in [0.2, 0.25) is 0 Å². The van der Waals surface area contributed by atoms with Crippen LogP contribution in [0.4, 0.5) is 4.39 Å². The van der Waals surface area contributed by atoms with Crippen LogP contribution < -0.4 is 4.74 Å². The SMILES string of the molecule is Cc1cccc(C(=O)Oc2cccc(F)c2)c1. The van der Waals surface area contributed by atoms with Gasteiger partial charge in [0, 0.05) is 6.07 Å². The summed E-state index contributed by atoms with van der Waals surface area (Å²) in [6, 6.07) is 12.6. The number of hydrogen-bond donors (Lipinski definition) is 0. The molecule has 0 aromatic heterocycles. The highest BCUT2D eigenvalue weighted by Gasteiger charge is 2.08. The number of carbonyl (C=O) groups is 1. The number of hydrogen-bond acceptors (Lipinski definition) is 2. The molecule has 0 bridgehead atoms. The summed E-state index contributed by atoms with van der Waals surface area (Å²) in [6.07, 6.45) is 0. The molecule has 0 atom stereocenters. The number of halogens is 1. The van der Waals surface area contributed by atoms with Gasteiger partial charge in [-0.05, 0) is 31.2 Å². The standard InChI is InChI=1S/C14H11FO2/c1-10-4-2-5-11(8-10)14(16)17-13-7-3-6-12(15)9-13/h2-9H,1H3. The van der Waals surface area contributed by atoms with E-state index in [-0.39, 0.29) is 5.75 Å². The van der Waals surface area contributed by atoms with Gasteiger partial charge >= 0.3 is 5.97 Å². The summed E-state index contributed by atoms with van der Waals surface area (Å²) in [6.45, 7) is 1.89. The van der Waals surface area contributed by atoms with E-state index >= 15 is 0 Å². The number of ether oxygens (including phenoxy) is 1. The van der Waals surface area contributed by atoms with Crippen LogP contribution in [-0.4, -0.2) is 5.97 Å². The lowest BCUT2D eigenvalue weighted by Gasteiger charge is -2.04. The maximum Gasteiger partial charge on any atom is 0.343 e. The first-order chi connectivity index (χ1) is 8.15. The molecule has 2 nitrogen and oxygen atoms in total. The number of carbonyl (C=O) groups excluding carboxylic acids is 1. The van der Waals surface area contributed by atoms with E-state index in [0.717, 1.165) is 5.56 Å². The number of rotatable bonds is 2. The van der Waals surface area contributed by atoms with E-state index in [1.165, 1.54) is 24.3 Å². The minimum atomic E-state index is -0.487. The van der Waals surface area contributed by atoms with Crippen LogP contribution in [0, 0.1) is 12.7 Å². The van der Waals surface area contributed by atoms with Crippen molar-refractivity contribution in [2.75, 3.05) is 0 Å². The molecular weight excluding hydrogens is 219 g/mol. The molecule has 0 radical (unpaired) electrons. The summed E-state index contributed by atoms with van der Waals surface area (Å²) in [7, 11) is 0. The molecule has 0 heterocycles. The fraction of sp³-hybridized carbons (Fsp3) is 0.0714. The monoisotopic (exact) mass is 230 g/mol. The van der Waals surface area contributed by atoms with Gasteiger partial charge in [-0.2, -0.15) is 0 Å². The molecule has 3 heteroatoms. The number of aryl methyl sites for hydroxylation is 1. The van der Waals surface area contributed by atoms with Crippen molar-refractivity contribution in [3.8, 4) is 5.75 Å². The first-order valence-electron chi connectivity index (χ1n) is 5.19. The van der Waals surface area contributed by atoms with Crippen molar-refractivity contribution >= 4 is 5.97 Å². The predicted octanol–water partition coefficient (Wildman–Crippen LogP) is 3.35. The summed E-state index contributed by atoms with van der Waals surface area (Å²) in [5.74, 6) is -0.713. The molecule has 0 saturated heterocycles. The first-order valence-corrected chi connectivity index (χ1v) is 5.19. The van der Waals surface area contributed by atoms with Crippen LogP contribution in [0.3, 0.4) is 0 Å². The molecule has 0 amide bonds. The second-order valence-corrected chi connectivity index (χ2v) is 3.72. The smallest absolute Gasteiger partial charge is 0.343 e. The van der Waals surface area contributed by atoms with Crippen LogP contribution in [0.2, 0.25) is 0 Å². The molecule has 0 N–H and O–H groups in total. The summed E-state index contributed by atoms with van der Waals surface area (Å²) in [5, 5.41) is 0. The molecule has 0 aliphatic rings. The average molecular weight is 230 g/mol. The van der Waals surface area contributed by atoms with Crippen molar-refractivity contribution in [3.63, 3.8) is 0 Å². The van der Waals surface area contributed by atoms with E-state index in [9.17, 15) is 9.18 Å². The second-order valence-electron chi connectivity index (χ2n) is 3.72. The van der Waals surface area contributed by atoms with Gasteiger partial charge in [0.1, 0.15) is 11.6 Å². The van der Waals surface area contributed by atoms with E-state index in [1.54, 1.807) is 18.2 Å². The van der Waals surface area contributed by atoms with Crippen LogP contribution in [0.1, 0.15) is 15.9 Å². The molecule has 0 fully saturated rings. The van der Waals surface area contributed by atoms with Crippen LogP contribution in [0.5, 0.6) is 5.75 Å². The molecule has 0 aliphatic heterocycles. The molecule has 0 saturated carbocycles. The zero-order chi connectivity index (χ0) is 12.3. The van der Waals surface area contributed by atoms with Crippen molar-refractivity contribution in [1.29, 1.82) is 0 Å². The Hall–Kier alpha value is -2.16. The highest BCUT2D eigenvalue weighted by Crippen LogP contribution is 2.14. The molecule has 0 aliphatic carbocycles. The van der Waals surface area contributed by atoms with Crippen LogP contribution >= 0.6 is 0 Å². The van der Waals surface area contributed by atoms with Crippen molar-refractivity contribution in [2.45, 2.75) is 6.92 Å². The van der Waals surface area contributed by atoms with Crippen molar-refractivity contribution in [1.82, 2.24) is 0 Å². The third-order valence-electron chi connectivity index (χ3n) is 2.26. The lowest BCUT2D eigenvalue weighted by Crippen LogP contribution is -2.08. The normalized spacial score (nSPS) is 10.0. The zero-order valence-electron chi connectivity index (χ0n) is 9.31. The highest BCUT2D eigenvalue weighted by atomic mass is 19.1. The quantitative estimate of drug-likeness (QED) is 0.584. The molecule has 0 spiro atoms. The summed E-state index contributed by atoms with van der Waals surface area (Å²) in [5.41, 5.74) is 1.42. The lowest BCUT2D eigenvalue weighted by atomic mass is 10.1.